The van der Waals surface area contributed by atoms with Gasteiger partial charge in [0.15, 0.2) is 0 Å². The van der Waals surface area contributed by atoms with E-state index in [0.717, 1.165) is 22.6 Å². The summed E-state index contributed by atoms with van der Waals surface area (Å²) in [6, 6.07) is 19.8. The maximum absolute atomic E-state index is 12.2. The van der Waals surface area contributed by atoms with Gasteiger partial charge >= 0.3 is 18.2 Å². The van der Waals surface area contributed by atoms with Crippen LogP contribution in [0.4, 0.5) is 18.9 Å². The van der Waals surface area contributed by atoms with E-state index in [2.05, 4.69) is 4.74 Å². The number of alkyl halides is 3. The lowest BCUT2D eigenvalue weighted by Crippen LogP contribution is -2.36. The van der Waals surface area contributed by atoms with Crippen molar-refractivity contribution in [2.45, 2.75) is 12.9 Å². The van der Waals surface area contributed by atoms with Crippen LogP contribution in [0.25, 0.3) is 0 Å². The van der Waals surface area contributed by atoms with Crippen molar-refractivity contribution in [2.75, 3.05) is 4.90 Å². The molecule has 3 aromatic rings. The SMILES string of the molecule is O=C(O)C(=O)N(Cc1ccccc1)c1ccc(Oc2ccc(OC(F)(F)F)cc2)cc1. The van der Waals surface area contributed by atoms with Crippen molar-refractivity contribution in [1.82, 2.24) is 0 Å². The van der Waals surface area contributed by atoms with Crippen molar-refractivity contribution in [2.24, 2.45) is 0 Å². The highest BCUT2D eigenvalue weighted by molar-refractivity contribution is 6.37. The van der Waals surface area contributed by atoms with Crippen LogP contribution in [0.3, 0.4) is 0 Å². The van der Waals surface area contributed by atoms with Crippen LogP contribution in [-0.2, 0) is 16.1 Å². The number of rotatable bonds is 6. The van der Waals surface area contributed by atoms with Crippen molar-refractivity contribution in [3.05, 3.63) is 84.4 Å². The molecule has 0 unspecified atom stereocenters. The van der Waals surface area contributed by atoms with E-state index in [4.69, 9.17) is 9.84 Å². The Balaban J connectivity index is 1.73. The predicted octanol–water partition coefficient (Wildman–Crippen LogP) is 5.00. The zero-order chi connectivity index (χ0) is 22.4. The Labute approximate surface area is 175 Å². The second-order valence-electron chi connectivity index (χ2n) is 6.30. The first-order valence-electron chi connectivity index (χ1n) is 8.94. The molecule has 0 bridgehead atoms. The van der Waals surface area contributed by atoms with Gasteiger partial charge in [0.05, 0.1) is 6.54 Å². The van der Waals surface area contributed by atoms with Crippen LogP contribution in [0, 0.1) is 0 Å². The van der Waals surface area contributed by atoms with Crippen molar-refractivity contribution >= 4 is 17.6 Å². The van der Waals surface area contributed by atoms with E-state index in [1.54, 1.807) is 30.3 Å². The van der Waals surface area contributed by atoms with Crippen LogP contribution in [0.15, 0.2) is 78.9 Å². The molecule has 0 spiro atoms. The quantitative estimate of drug-likeness (QED) is 0.556. The number of benzene rings is 3. The van der Waals surface area contributed by atoms with Gasteiger partial charge in [-0.05, 0) is 54.1 Å². The fraction of sp³-hybridized carbons (Fsp3) is 0.0909. The number of carboxylic acids is 1. The number of nitrogens with zero attached hydrogens (tertiary/aromatic N) is 1. The van der Waals surface area contributed by atoms with Crippen LogP contribution >= 0.6 is 0 Å². The molecule has 0 saturated heterocycles. The molecule has 0 aromatic heterocycles. The second kappa shape index (κ2) is 9.21. The van der Waals surface area contributed by atoms with E-state index < -0.39 is 18.2 Å². The molecule has 0 atom stereocenters. The number of carbonyl (C=O) groups is 2. The number of carbonyl (C=O) groups excluding carboxylic acids is 1. The lowest BCUT2D eigenvalue weighted by molar-refractivity contribution is -0.274. The summed E-state index contributed by atoms with van der Waals surface area (Å²) in [7, 11) is 0. The van der Waals surface area contributed by atoms with Crippen molar-refractivity contribution in [1.29, 1.82) is 0 Å². The number of hydrogen-bond donors (Lipinski definition) is 1. The monoisotopic (exact) mass is 431 g/mol. The first-order valence-corrected chi connectivity index (χ1v) is 8.94. The Morgan fingerprint density at radius 2 is 1.32 bits per heavy atom. The summed E-state index contributed by atoms with van der Waals surface area (Å²) in [5.41, 5.74) is 1.09. The van der Waals surface area contributed by atoms with E-state index in [0.29, 0.717) is 11.4 Å². The number of hydrogen-bond acceptors (Lipinski definition) is 4. The van der Waals surface area contributed by atoms with E-state index in [1.807, 2.05) is 0 Å². The van der Waals surface area contributed by atoms with Crippen LogP contribution in [0.2, 0.25) is 0 Å². The van der Waals surface area contributed by atoms with Crippen LogP contribution in [-0.4, -0.2) is 23.3 Å². The highest BCUT2D eigenvalue weighted by Gasteiger charge is 2.31. The molecule has 3 aromatic carbocycles. The summed E-state index contributed by atoms with van der Waals surface area (Å²) >= 11 is 0. The lowest BCUT2D eigenvalue weighted by atomic mass is 10.2. The maximum Gasteiger partial charge on any atom is 0.573 e. The molecule has 1 amide bonds. The average molecular weight is 431 g/mol. The molecule has 0 aliphatic rings. The minimum Gasteiger partial charge on any atom is -0.474 e. The third kappa shape index (κ3) is 6.23. The molecule has 0 aliphatic carbocycles. The van der Waals surface area contributed by atoms with Gasteiger partial charge in [-0.1, -0.05) is 30.3 Å². The summed E-state index contributed by atoms with van der Waals surface area (Å²) < 4.78 is 46.0. The Morgan fingerprint density at radius 1 is 0.806 bits per heavy atom. The van der Waals surface area contributed by atoms with E-state index >= 15 is 0 Å². The second-order valence-corrected chi connectivity index (χ2v) is 6.30. The zero-order valence-corrected chi connectivity index (χ0v) is 15.9. The van der Waals surface area contributed by atoms with Gasteiger partial charge < -0.3 is 14.6 Å². The first-order chi connectivity index (χ1) is 14.7. The van der Waals surface area contributed by atoms with Crippen LogP contribution in [0.5, 0.6) is 17.2 Å². The van der Waals surface area contributed by atoms with Crippen molar-refractivity contribution in [3.8, 4) is 17.2 Å². The molecule has 1 N–H and O–H groups in total. The molecule has 160 valence electrons. The molecule has 0 radical (unpaired) electrons. The Morgan fingerprint density at radius 3 is 1.84 bits per heavy atom. The van der Waals surface area contributed by atoms with Gasteiger partial charge in [-0.2, -0.15) is 0 Å². The largest absolute Gasteiger partial charge is 0.573 e. The summed E-state index contributed by atoms with van der Waals surface area (Å²) in [5.74, 6) is -2.44. The Hall–Kier alpha value is -4.01. The number of aliphatic carboxylic acids is 1. The summed E-state index contributed by atoms with van der Waals surface area (Å²) in [6.45, 7) is 0.0623. The molecular formula is C22H16F3NO5. The summed E-state index contributed by atoms with van der Waals surface area (Å²) in [4.78, 5) is 24.5. The van der Waals surface area contributed by atoms with E-state index in [-0.39, 0.29) is 18.0 Å². The topological polar surface area (TPSA) is 76.1 Å². The summed E-state index contributed by atoms with van der Waals surface area (Å²) in [5, 5.41) is 9.14. The summed E-state index contributed by atoms with van der Waals surface area (Å²) in [6.07, 6.45) is -4.78. The predicted molar refractivity (Wildman–Crippen MR) is 105 cm³/mol. The van der Waals surface area contributed by atoms with Gasteiger partial charge in [0.2, 0.25) is 0 Å². The third-order valence-electron chi connectivity index (χ3n) is 4.05. The molecule has 6 nitrogen and oxygen atoms in total. The standard InChI is InChI=1S/C22H16F3NO5/c23-22(24,25)31-19-12-10-18(11-13-19)30-17-8-6-16(7-9-17)26(20(27)21(28)29)14-15-4-2-1-3-5-15/h1-13H,14H2,(H,28,29). The van der Waals surface area contributed by atoms with Gasteiger partial charge in [0.25, 0.3) is 0 Å². The molecule has 0 fully saturated rings. The maximum atomic E-state index is 12.2. The van der Waals surface area contributed by atoms with Gasteiger partial charge in [-0.25, -0.2) is 4.79 Å². The smallest absolute Gasteiger partial charge is 0.474 e. The first kappa shape index (κ1) is 21.7. The fourth-order valence-corrected chi connectivity index (χ4v) is 2.70. The minimum absolute atomic E-state index is 0.0623. The number of halogens is 3. The molecule has 0 saturated carbocycles. The van der Waals surface area contributed by atoms with E-state index in [1.165, 1.54) is 36.4 Å². The normalized spacial score (nSPS) is 10.9. The molecule has 31 heavy (non-hydrogen) atoms. The molecule has 0 aliphatic heterocycles. The van der Waals surface area contributed by atoms with Crippen molar-refractivity contribution < 1.29 is 37.3 Å². The molecular weight excluding hydrogens is 415 g/mol. The van der Waals surface area contributed by atoms with E-state index in [9.17, 15) is 22.8 Å². The zero-order valence-electron chi connectivity index (χ0n) is 15.9. The molecule has 0 heterocycles. The third-order valence-corrected chi connectivity index (χ3v) is 4.05. The van der Waals surface area contributed by atoms with Crippen LogP contribution in [0.1, 0.15) is 5.56 Å². The van der Waals surface area contributed by atoms with Crippen molar-refractivity contribution in [3.63, 3.8) is 0 Å². The van der Waals surface area contributed by atoms with Gasteiger partial charge in [0.1, 0.15) is 17.2 Å². The number of anilines is 1. The number of amides is 1. The van der Waals surface area contributed by atoms with Gasteiger partial charge in [0, 0.05) is 5.69 Å². The van der Waals surface area contributed by atoms with Gasteiger partial charge in [-0.15, -0.1) is 13.2 Å². The average Bonchev–Trinajstić information content (AvgIpc) is 2.73. The Kier molecular flexibility index (Phi) is 6.44. The highest BCUT2D eigenvalue weighted by atomic mass is 19.4. The molecule has 3 rings (SSSR count). The Bertz CT molecular complexity index is 1040. The van der Waals surface area contributed by atoms with Gasteiger partial charge in [-0.3, -0.25) is 9.69 Å². The highest BCUT2D eigenvalue weighted by Crippen LogP contribution is 2.29. The fourth-order valence-electron chi connectivity index (χ4n) is 2.70. The number of ether oxygens (including phenoxy) is 2. The molecule has 9 heteroatoms. The van der Waals surface area contributed by atoms with Crippen LogP contribution < -0.4 is 14.4 Å². The number of carboxylic acid groups (broad SMARTS) is 1. The lowest BCUT2D eigenvalue weighted by Gasteiger charge is -2.21. The minimum atomic E-state index is -4.78.